The number of hydrogen-bond acceptors (Lipinski definition) is 3. The minimum absolute atomic E-state index is 0. The van der Waals surface area contributed by atoms with Crippen molar-refractivity contribution in [3.8, 4) is 0 Å². The first-order chi connectivity index (χ1) is 13.8. The number of ether oxygens (including phenoxy) is 1. The summed E-state index contributed by atoms with van der Waals surface area (Å²) < 4.78 is 7.96. The lowest BCUT2D eigenvalue weighted by Crippen LogP contribution is -2.40. The van der Waals surface area contributed by atoms with Crippen molar-refractivity contribution in [1.82, 2.24) is 19.8 Å². The van der Waals surface area contributed by atoms with Crippen LogP contribution in [0.2, 0.25) is 0 Å². The summed E-state index contributed by atoms with van der Waals surface area (Å²) in [4.78, 5) is 11.0. The number of rotatable bonds is 11. The fourth-order valence-electron chi connectivity index (χ4n) is 3.19. The number of guanidine groups is 1. The van der Waals surface area contributed by atoms with Crippen molar-refractivity contribution in [2.24, 2.45) is 10.9 Å². The first-order valence-corrected chi connectivity index (χ1v) is 10.3. The molecule has 0 atom stereocenters. The van der Waals surface area contributed by atoms with Crippen LogP contribution in [-0.4, -0.2) is 54.3 Å². The van der Waals surface area contributed by atoms with E-state index in [0.29, 0.717) is 6.54 Å². The van der Waals surface area contributed by atoms with E-state index in [1.165, 1.54) is 18.4 Å². The van der Waals surface area contributed by atoms with Crippen LogP contribution in [0.1, 0.15) is 30.7 Å². The lowest BCUT2D eigenvalue weighted by Gasteiger charge is -2.22. The second kappa shape index (κ2) is 12.8. The van der Waals surface area contributed by atoms with Crippen molar-refractivity contribution in [2.75, 3.05) is 33.9 Å². The van der Waals surface area contributed by atoms with Crippen molar-refractivity contribution < 1.29 is 4.74 Å². The average molecular weight is 511 g/mol. The van der Waals surface area contributed by atoms with E-state index in [1.807, 2.05) is 20.3 Å². The Balaban J connectivity index is 0.00000300. The highest BCUT2D eigenvalue weighted by Gasteiger charge is 2.21. The highest BCUT2D eigenvalue weighted by atomic mass is 127. The molecule has 7 heteroatoms. The minimum Gasteiger partial charge on any atom is -0.379 e. The van der Waals surface area contributed by atoms with Crippen molar-refractivity contribution in [3.63, 3.8) is 0 Å². The molecular weight excluding hydrogens is 477 g/mol. The van der Waals surface area contributed by atoms with Gasteiger partial charge in [-0.25, -0.2) is 4.98 Å². The number of hydrogen-bond donors (Lipinski definition) is 1. The summed E-state index contributed by atoms with van der Waals surface area (Å²) in [6, 6.07) is 10.6. The third-order valence-corrected chi connectivity index (χ3v) is 5.11. The third kappa shape index (κ3) is 8.34. The molecule has 0 radical (unpaired) electrons. The van der Waals surface area contributed by atoms with E-state index in [0.717, 1.165) is 56.8 Å². The van der Waals surface area contributed by atoms with Crippen LogP contribution >= 0.6 is 24.0 Å². The zero-order chi connectivity index (χ0) is 19.6. The number of imidazole rings is 1. The van der Waals surface area contributed by atoms with Crippen LogP contribution in [0, 0.1) is 5.92 Å². The second-order valence-corrected chi connectivity index (χ2v) is 7.47. The van der Waals surface area contributed by atoms with E-state index < -0.39 is 0 Å². The van der Waals surface area contributed by atoms with E-state index >= 15 is 0 Å². The Morgan fingerprint density at radius 2 is 2.10 bits per heavy atom. The molecular formula is C22H34IN5O. The summed E-state index contributed by atoms with van der Waals surface area (Å²) >= 11 is 0. The molecule has 1 N–H and O–H groups in total. The predicted octanol–water partition coefficient (Wildman–Crippen LogP) is 3.57. The Morgan fingerprint density at radius 3 is 2.83 bits per heavy atom. The van der Waals surface area contributed by atoms with Crippen LogP contribution < -0.4 is 5.32 Å². The largest absolute Gasteiger partial charge is 0.379 e. The van der Waals surface area contributed by atoms with Gasteiger partial charge in [-0.05, 0) is 37.2 Å². The molecule has 0 bridgehead atoms. The number of aryl methyl sites for hydroxylation is 2. The Kier molecular flexibility index (Phi) is 10.5. The van der Waals surface area contributed by atoms with E-state index in [4.69, 9.17) is 4.74 Å². The zero-order valence-electron chi connectivity index (χ0n) is 17.6. The Bertz CT molecular complexity index is 730. The van der Waals surface area contributed by atoms with Crippen LogP contribution in [0.5, 0.6) is 0 Å². The van der Waals surface area contributed by atoms with Gasteiger partial charge in [-0.3, -0.25) is 4.99 Å². The molecule has 0 unspecified atom stereocenters. The van der Waals surface area contributed by atoms with Gasteiger partial charge in [0.15, 0.2) is 5.96 Å². The molecule has 1 saturated carbocycles. The first kappa shape index (κ1) is 23.7. The zero-order valence-corrected chi connectivity index (χ0v) is 19.9. The maximum absolute atomic E-state index is 5.73. The van der Waals surface area contributed by atoms with Crippen LogP contribution in [0.25, 0.3) is 0 Å². The van der Waals surface area contributed by atoms with Gasteiger partial charge >= 0.3 is 0 Å². The number of nitrogens with zero attached hydrogens (tertiary/aromatic N) is 4. The molecule has 1 heterocycles. The van der Waals surface area contributed by atoms with Gasteiger partial charge in [-0.2, -0.15) is 0 Å². The summed E-state index contributed by atoms with van der Waals surface area (Å²) in [6.07, 6.45) is 8.77. The van der Waals surface area contributed by atoms with Crippen LogP contribution in [0.3, 0.4) is 0 Å². The van der Waals surface area contributed by atoms with Gasteiger partial charge in [0.25, 0.3) is 0 Å². The molecule has 0 aliphatic heterocycles. The summed E-state index contributed by atoms with van der Waals surface area (Å²) in [5.74, 6) is 2.71. The molecule has 6 nitrogen and oxygen atoms in total. The molecule has 0 saturated heterocycles. The molecule has 160 valence electrons. The van der Waals surface area contributed by atoms with Gasteiger partial charge in [-0.1, -0.05) is 30.3 Å². The summed E-state index contributed by atoms with van der Waals surface area (Å²) in [7, 11) is 3.86. The molecule has 3 rings (SSSR count). The Morgan fingerprint density at radius 1 is 1.31 bits per heavy atom. The van der Waals surface area contributed by atoms with E-state index in [2.05, 4.69) is 61.3 Å². The van der Waals surface area contributed by atoms with Gasteiger partial charge in [0.1, 0.15) is 5.82 Å². The first-order valence-electron chi connectivity index (χ1n) is 10.3. The summed E-state index contributed by atoms with van der Waals surface area (Å²) in [6.45, 7) is 4.10. The Labute approximate surface area is 191 Å². The van der Waals surface area contributed by atoms with Gasteiger partial charge in [0, 0.05) is 46.2 Å². The topological polar surface area (TPSA) is 54.7 Å². The number of halogens is 1. The van der Waals surface area contributed by atoms with Crippen molar-refractivity contribution in [2.45, 2.75) is 38.8 Å². The number of likely N-dealkylation sites (N-methyl/N-ethyl adjacent to an activating group) is 1. The molecule has 1 aromatic heterocycles. The standard InChI is InChI=1S/C22H33N5O.HI/c1-23-22(26(2)15-16-28-18-20-10-11-20)25-17-21-24-12-14-27(21)13-6-9-19-7-4-3-5-8-19;/h3-5,7-8,12,14,20H,6,9-11,13,15-18H2,1-2H3,(H,23,25);1H. The van der Waals surface area contributed by atoms with E-state index in [-0.39, 0.29) is 24.0 Å². The van der Waals surface area contributed by atoms with Crippen LogP contribution in [0.4, 0.5) is 0 Å². The minimum atomic E-state index is 0. The Hall–Kier alpha value is -1.61. The maximum atomic E-state index is 5.73. The lowest BCUT2D eigenvalue weighted by atomic mass is 10.1. The molecule has 1 fully saturated rings. The molecule has 0 spiro atoms. The van der Waals surface area contributed by atoms with E-state index in [9.17, 15) is 0 Å². The highest BCUT2D eigenvalue weighted by Crippen LogP contribution is 2.28. The molecule has 2 aromatic rings. The molecule has 1 aromatic carbocycles. The molecule has 1 aliphatic carbocycles. The molecule has 0 amide bonds. The summed E-state index contributed by atoms with van der Waals surface area (Å²) in [5, 5.41) is 3.42. The fourth-order valence-corrected chi connectivity index (χ4v) is 3.19. The predicted molar refractivity (Wildman–Crippen MR) is 129 cm³/mol. The number of aromatic nitrogens is 2. The van der Waals surface area contributed by atoms with Gasteiger partial charge in [0.05, 0.1) is 13.2 Å². The quantitative estimate of drug-likeness (QED) is 0.217. The number of aliphatic imine (C=N–C) groups is 1. The van der Waals surface area contributed by atoms with Crippen LogP contribution in [-0.2, 0) is 24.2 Å². The van der Waals surface area contributed by atoms with Crippen molar-refractivity contribution in [3.05, 3.63) is 54.1 Å². The van der Waals surface area contributed by atoms with Crippen molar-refractivity contribution in [1.29, 1.82) is 0 Å². The smallest absolute Gasteiger partial charge is 0.193 e. The average Bonchev–Trinajstić information content (AvgIpc) is 3.44. The lowest BCUT2D eigenvalue weighted by molar-refractivity contribution is 0.115. The van der Waals surface area contributed by atoms with Crippen molar-refractivity contribution >= 4 is 29.9 Å². The van der Waals surface area contributed by atoms with Crippen LogP contribution in [0.15, 0.2) is 47.7 Å². The van der Waals surface area contributed by atoms with Gasteiger partial charge in [-0.15, -0.1) is 24.0 Å². The monoisotopic (exact) mass is 511 g/mol. The fraction of sp³-hybridized carbons (Fsp3) is 0.545. The SMILES string of the molecule is CN=C(NCc1nccn1CCCc1ccccc1)N(C)CCOCC1CC1.I. The highest BCUT2D eigenvalue weighted by molar-refractivity contribution is 14.0. The second-order valence-electron chi connectivity index (χ2n) is 7.47. The maximum Gasteiger partial charge on any atom is 0.193 e. The number of benzene rings is 1. The normalized spacial score (nSPS) is 13.8. The summed E-state index contributed by atoms with van der Waals surface area (Å²) in [5.41, 5.74) is 1.38. The third-order valence-electron chi connectivity index (χ3n) is 5.11. The molecule has 1 aliphatic rings. The molecule has 29 heavy (non-hydrogen) atoms. The number of nitrogens with one attached hydrogen (secondary N) is 1. The van der Waals surface area contributed by atoms with Gasteiger partial charge < -0.3 is 19.5 Å². The van der Waals surface area contributed by atoms with Gasteiger partial charge in [0.2, 0.25) is 0 Å². The van der Waals surface area contributed by atoms with E-state index in [1.54, 1.807) is 0 Å².